The number of pyridine rings is 2. The fraction of sp³-hybridized carbons (Fsp3) is 0.355. The summed E-state index contributed by atoms with van der Waals surface area (Å²) in [7, 11) is 0. The number of rotatable bonds is 9. The van der Waals surface area contributed by atoms with Crippen LogP contribution < -0.4 is 4.74 Å². The number of benzene rings is 1. The second-order valence-electron chi connectivity index (χ2n) is 11.0. The molecule has 1 atom stereocenters. The summed E-state index contributed by atoms with van der Waals surface area (Å²) >= 11 is 0. The molecule has 0 aliphatic carbocycles. The molecule has 0 amide bonds. The maximum atomic E-state index is 14.2. The number of fused-ring (bicyclic) bond motifs is 2. The van der Waals surface area contributed by atoms with Gasteiger partial charge in [0.05, 0.1) is 42.0 Å². The van der Waals surface area contributed by atoms with E-state index in [9.17, 15) is 14.3 Å². The van der Waals surface area contributed by atoms with Gasteiger partial charge in [-0.05, 0) is 62.7 Å². The van der Waals surface area contributed by atoms with Gasteiger partial charge in [-0.3, -0.25) is 4.90 Å². The molecule has 1 aromatic carbocycles. The van der Waals surface area contributed by atoms with Crippen molar-refractivity contribution in [2.75, 3.05) is 19.7 Å². The van der Waals surface area contributed by atoms with E-state index in [2.05, 4.69) is 14.6 Å². The molecule has 2 aliphatic heterocycles. The number of halogens is 1. The van der Waals surface area contributed by atoms with Gasteiger partial charge in [0.2, 0.25) is 5.88 Å². The second-order valence-corrected chi connectivity index (χ2v) is 11.0. The van der Waals surface area contributed by atoms with Crippen molar-refractivity contribution in [2.24, 2.45) is 0 Å². The lowest BCUT2D eigenvalue weighted by Gasteiger charge is -2.32. The summed E-state index contributed by atoms with van der Waals surface area (Å²) in [5, 5.41) is 13.5. The highest BCUT2D eigenvalue weighted by Gasteiger charge is 2.26. The van der Waals surface area contributed by atoms with E-state index >= 15 is 0 Å². The molecule has 216 valence electrons. The van der Waals surface area contributed by atoms with Crippen LogP contribution in [0.5, 0.6) is 5.88 Å². The Kier molecular flexibility index (Phi) is 7.04. The fourth-order valence-corrected chi connectivity index (χ4v) is 5.93. The molecule has 0 bridgehead atoms. The molecule has 0 saturated carbocycles. The third kappa shape index (κ3) is 5.21. The first-order valence-corrected chi connectivity index (χ1v) is 14.3. The lowest BCUT2D eigenvalue weighted by atomic mass is 9.93. The van der Waals surface area contributed by atoms with Gasteiger partial charge in [-0.25, -0.2) is 23.7 Å². The summed E-state index contributed by atoms with van der Waals surface area (Å²) in [5.74, 6) is 0.436. The zero-order valence-electron chi connectivity index (χ0n) is 23.0. The number of aromatic carboxylic acids is 1. The van der Waals surface area contributed by atoms with Crippen LogP contribution in [-0.2, 0) is 24.4 Å². The number of imidazole rings is 1. The molecule has 2 fully saturated rings. The summed E-state index contributed by atoms with van der Waals surface area (Å²) in [6.45, 7) is 4.10. The Balaban J connectivity index is 1.02. The van der Waals surface area contributed by atoms with E-state index in [1.54, 1.807) is 24.4 Å². The fourth-order valence-electron chi connectivity index (χ4n) is 5.93. The first-order chi connectivity index (χ1) is 20.5. The lowest BCUT2D eigenvalue weighted by Crippen LogP contribution is -2.35. The molecule has 4 aromatic heterocycles. The zero-order chi connectivity index (χ0) is 28.6. The number of carboxylic acid groups (broad SMARTS) is 1. The minimum Gasteiger partial charge on any atom is -0.478 e. The number of piperidine rings is 1. The van der Waals surface area contributed by atoms with Crippen molar-refractivity contribution in [3.63, 3.8) is 0 Å². The van der Waals surface area contributed by atoms with Crippen molar-refractivity contribution in [3.8, 4) is 5.88 Å². The summed E-state index contributed by atoms with van der Waals surface area (Å²) in [4.78, 5) is 23.7. The summed E-state index contributed by atoms with van der Waals surface area (Å²) in [6.07, 6.45) is 5.94. The van der Waals surface area contributed by atoms with Crippen molar-refractivity contribution in [2.45, 2.75) is 51.0 Å². The van der Waals surface area contributed by atoms with E-state index in [0.717, 1.165) is 61.5 Å². The van der Waals surface area contributed by atoms with Crippen LogP contribution in [-0.4, -0.2) is 65.9 Å². The van der Waals surface area contributed by atoms with Gasteiger partial charge in [0, 0.05) is 36.0 Å². The highest BCUT2D eigenvalue weighted by molar-refractivity contribution is 5.92. The van der Waals surface area contributed by atoms with Crippen molar-refractivity contribution in [1.29, 1.82) is 0 Å². The molecule has 6 heterocycles. The predicted octanol–water partition coefficient (Wildman–Crippen LogP) is 4.66. The van der Waals surface area contributed by atoms with Crippen LogP contribution in [0.4, 0.5) is 4.39 Å². The van der Waals surface area contributed by atoms with Gasteiger partial charge in [0.1, 0.15) is 17.9 Å². The number of hydrogen-bond donors (Lipinski definition) is 1. The zero-order valence-corrected chi connectivity index (χ0v) is 23.0. The number of carbonyl (C=O) groups is 1. The maximum Gasteiger partial charge on any atom is 0.335 e. The Bertz CT molecular complexity index is 1760. The van der Waals surface area contributed by atoms with E-state index in [1.165, 1.54) is 10.7 Å². The molecule has 2 aliphatic rings. The molecule has 2 saturated heterocycles. The van der Waals surface area contributed by atoms with Crippen molar-refractivity contribution in [3.05, 3.63) is 89.4 Å². The van der Waals surface area contributed by atoms with Gasteiger partial charge < -0.3 is 19.1 Å². The normalized spacial score (nSPS) is 18.0. The van der Waals surface area contributed by atoms with Crippen LogP contribution in [0, 0.1) is 5.82 Å². The third-order valence-corrected chi connectivity index (χ3v) is 8.32. The maximum absolute atomic E-state index is 14.2. The van der Waals surface area contributed by atoms with Crippen LogP contribution in [0.1, 0.15) is 52.6 Å². The molecule has 0 radical (unpaired) electrons. The predicted molar refractivity (Wildman–Crippen MR) is 152 cm³/mol. The number of aromatic nitrogens is 5. The topological polar surface area (TPSA) is 107 Å². The Morgan fingerprint density at radius 1 is 1.10 bits per heavy atom. The van der Waals surface area contributed by atoms with Crippen LogP contribution in [0.3, 0.4) is 0 Å². The highest BCUT2D eigenvalue weighted by Crippen LogP contribution is 2.30. The molecule has 0 spiro atoms. The summed E-state index contributed by atoms with van der Waals surface area (Å²) in [6, 6.07) is 14.6. The number of likely N-dealkylation sites (tertiary alicyclic amines) is 1. The van der Waals surface area contributed by atoms with Crippen molar-refractivity contribution in [1.82, 2.24) is 29.0 Å². The minimum absolute atomic E-state index is 0.132. The van der Waals surface area contributed by atoms with Gasteiger partial charge in [0.15, 0.2) is 5.82 Å². The van der Waals surface area contributed by atoms with E-state index in [1.807, 2.05) is 30.3 Å². The average Bonchev–Trinajstić information content (AvgIpc) is 3.53. The number of carboxylic acids is 1. The van der Waals surface area contributed by atoms with Crippen LogP contribution >= 0.6 is 0 Å². The number of ether oxygens (including phenoxy) is 2. The Hall–Kier alpha value is -4.35. The number of nitrogens with zero attached hydrogens (tertiary/aromatic N) is 6. The number of hydrogen-bond acceptors (Lipinski definition) is 7. The molecule has 42 heavy (non-hydrogen) atoms. The largest absolute Gasteiger partial charge is 0.478 e. The SMILES string of the molecule is O=C(O)c1ccc2nc(CN3CCC(c4cccc(OCc5cccn6ncc(F)c56)n4)CC3)n(C[C@@H]3CCO3)c2c1. The van der Waals surface area contributed by atoms with E-state index in [4.69, 9.17) is 19.4 Å². The van der Waals surface area contributed by atoms with Gasteiger partial charge in [-0.1, -0.05) is 12.1 Å². The lowest BCUT2D eigenvalue weighted by molar-refractivity contribution is -0.0592. The monoisotopic (exact) mass is 570 g/mol. The third-order valence-electron chi connectivity index (χ3n) is 8.32. The summed E-state index contributed by atoms with van der Waals surface area (Å²) in [5.41, 5.74) is 4.02. The van der Waals surface area contributed by atoms with Crippen LogP contribution in [0.2, 0.25) is 0 Å². The Labute approximate surface area is 241 Å². The van der Waals surface area contributed by atoms with Crippen LogP contribution in [0.25, 0.3) is 16.6 Å². The van der Waals surface area contributed by atoms with E-state index in [0.29, 0.717) is 36.0 Å². The standard InChI is InChI=1S/C31H31FN6O4/c32-24-16-33-38-11-2-3-22(30(24)38)19-42-29-5-1-4-25(35-29)20-8-12-36(13-9-20)18-28-34-26-7-6-21(31(39)40)15-27(26)37(28)17-23-10-14-41-23/h1-7,11,15-16,20,23H,8-10,12-14,17-19H2,(H,39,40)/t23-/m0/s1. The Morgan fingerprint density at radius 3 is 2.74 bits per heavy atom. The van der Waals surface area contributed by atoms with Crippen LogP contribution in [0.15, 0.2) is 60.9 Å². The van der Waals surface area contributed by atoms with E-state index < -0.39 is 5.97 Å². The molecule has 11 heteroatoms. The van der Waals surface area contributed by atoms with Gasteiger partial charge in [-0.2, -0.15) is 5.10 Å². The molecule has 10 nitrogen and oxygen atoms in total. The average molecular weight is 571 g/mol. The Morgan fingerprint density at radius 2 is 1.95 bits per heavy atom. The van der Waals surface area contributed by atoms with Crippen molar-refractivity contribution < 1.29 is 23.8 Å². The first-order valence-electron chi connectivity index (χ1n) is 14.3. The highest BCUT2D eigenvalue weighted by atomic mass is 19.1. The summed E-state index contributed by atoms with van der Waals surface area (Å²) < 4.78 is 29.5. The molecule has 1 N–H and O–H groups in total. The quantitative estimate of drug-likeness (QED) is 0.273. The molecule has 5 aromatic rings. The van der Waals surface area contributed by atoms with Gasteiger partial charge in [0.25, 0.3) is 0 Å². The molecule has 7 rings (SSSR count). The first kappa shape index (κ1) is 26.5. The van der Waals surface area contributed by atoms with Gasteiger partial charge in [-0.15, -0.1) is 0 Å². The van der Waals surface area contributed by atoms with Crippen molar-refractivity contribution >= 4 is 22.5 Å². The second kappa shape index (κ2) is 11.1. The van der Waals surface area contributed by atoms with Gasteiger partial charge >= 0.3 is 5.97 Å². The van der Waals surface area contributed by atoms with E-state index in [-0.39, 0.29) is 24.1 Å². The molecular weight excluding hydrogens is 539 g/mol. The molecular formula is C31H31FN6O4. The molecule has 0 unspecified atom stereocenters. The minimum atomic E-state index is -0.944. The smallest absolute Gasteiger partial charge is 0.335 e.